The van der Waals surface area contributed by atoms with E-state index in [0.29, 0.717) is 19.1 Å². The van der Waals surface area contributed by atoms with Gasteiger partial charge in [-0.3, -0.25) is 4.79 Å². The Morgan fingerprint density at radius 3 is 2.65 bits per heavy atom. The van der Waals surface area contributed by atoms with Crippen LogP contribution in [0.15, 0.2) is 0 Å². The molecule has 4 nitrogen and oxygen atoms in total. The van der Waals surface area contributed by atoms with Gasteiger partial charge < -0.3 is 15.2 Å². The van der Waals surface area contributed by atoms with Gasteiger partial charge in [0.1, 0.15) is 6.61 Å². The highest BCUT2D eigenvalue weighted by Crippen LogP contribution is 2.29. The summed E-state index contributed by atoms with van der Waals surface area (Å²) in [5, 5.41) is 13.0. The van der Waals surface area contributed by atoms with Crippen LogP contribution in [0.25, 0.3) is 0 Å². The van der Waals surface area contributed by atoms with Crippen molar-refractivity contribution >= 4 is 5.91 Å². The fraction of sp³-hybridized carbons (Fsp3) is 0.923. The molecule has 0 aromatic heterocycles. The van der Waals surface area contributed by atoms with Crippen molar-refractivity contribution in [1.82, 2.24) is 5.32 Å². The third kappa shape index (κ3) is 4.64. The maximum absolute atomic E-state index is 11.5. The lowest BCUT2D eigenvalue weighted by Gasteiger charge is -2.32. The average molecular weight is 241 g/mol. The van der Waals surface area contributed by atoms with Crippen LogP contribution in [-0.2, 0) is 9.53 Å². The van der Waals surface area contributed by atoms with Crippen LogP contribution >= 0.6 is 0 Å². The summed E-state index contributed by atoms with van der Waals surface area (Å²) in [5.41, 5.74) is -0.676. The number of hydrogen-bond acceptors (Lipinski definition) is 3. The highest BCUT2D eigenvalue weighted by atomic mass is 16.5. The zero-order chi connectivity index (χ0) is 12.1. The smallest absolute Gasteiger partial charge is 0.246 e. The summed E-state index contributed by atoms with van der Waals surface area (Å²) in [6, 6.07) is 0. The molecule has 0 bridgehead atoms. The van der Waals surface area contributed by atoms with Gasteiger partial charge in [0.05, 0.1) is 12.2 Å². The summed E-state index contributed by atoms with van der Waals surface area (Å²) < 4.78 is 5.30. The Labute approximate surface area is 103 Å². The van der Waals surface area contributed by atoms with Crippen molar-refractivity contribution in [2.45, 2.75) is 50.5 Å². The van der Waals surface area contributed by atoms with E-state index in [1.165, 1.54) is 19.3 Å². The molecule has 2 N–H and O–H groups in total. The summed E-state index contributed by atoms with van der Waals surface area (Å²) in [7, 11) is 0. The SMILES string of the molecule is O=C(COCC1CC1)NCC1(O)CCCCC1. The normalized spacial score (nSPS) is 23.4. The average Bonchev–Trinajstić information content (AvgIpc) is 3.12. The summed E-state index contributed by atoms with van der Waals surface area (Å²) in [6.45, 7) is 1.21. The number of ether oxygens (including phenoxy) is 1. The molecule has 0 radical (unpaired) electrons. The van der Waals surface area contributed by atoms with Gasteiger partial charge in [-0.05, 0) is 31.6 Å². The van der Waals surface area contributed by atoms with Crippen LogP contribution < -0.4 is 5.32 Å². The Bertz CT molecular complexity index is 257. The topological polar surface area (TPSA) is 58.6 Å². The van der Waals surface area contributed by atoms with Gasteiger partial charge in [0.2, 0.25) is 5.91 Å². The molecule has 98 valence electrons. The van der Waals surface area contributed by atoms with Gasteiger partial charge in [0.25, 0.3) is 0 Å². The molecular formula is C13H23NO3. The van der Waals surface area contributed by atoms with Crippen molar-refractivity contribution in [2.75, 3.05) is 19.8 Å². The molecule has 0 aromatic rings. The summed E-state index contributed by atoms with van der Waals surface area (Å²) in [5.74, 6) is 0.579. The summed E-state index contributed by atoms with van der Waals surface area (Å²) in [6.07, 6.45) is 7.39. The minimum absolute atomic E-state index is 0.107. The number of amides is 1. The van der Waals surface area contributed by atoms with Crippen LogP contribution in [0.5, 0.6) is 0 Å². The third-order valence-corrected chi connectivity index (χ3v) is 3.68. The van der Waals surface area contributed by atoms with Crippen molar-refractivity contribution in [3.63, 3.8) is 0 Å². The van der Waals surface area contributed by atoms with Crippen LogP contribution in [0.4, 0.5) is 0 Å². The number of rotatable bonds is 6. The second-order valence-electron chi connectivity index (χ2n) is 5.52. The minimum Gasteiger partial charge on any atom is -0.388 e. The highest BCUT2D eigenvalue weighted by Gasteiger charge is 2.29. The first-order valence-electron chi connectivity index (χ1n) is 6.75. The Morgan fingerprint density at radius 1 is 1.29 bits per heavy atom. The molecular weight excluding hydrogens is 218 g/mol. The van der Waals surface area contributed by atoms with E-state index in [9.17, 15) is 9.90 Å². The van der Waals surface area contributed by atoms with E-state index in [1.807, 2.05) is 0 Å². The first-order chi connectivity index (χ1) is 8.18. The molecule has 0 spiro atoms. The lowest BCUT2D eigenvalue weighted by Crippen LogP contribution is -2.45. The molecule has 4 heteroatoms. The van der Waals surface area contributed by atoms with Crippen molar-refractivity contribution in [3.05, 3.63) is 0 Å². The molecule has 2 aliphatic carbocycles. The van der Waals surface area contributed by atoms with Crippen molar-refractivity contribution in [3.8, 4) is 0 Å². The predicted molar refractivity (Wildman–Crippen MR) is 64.6 cm³/mol. The van der Waals surface area contributed by atoms with Crippen LogP contribution in [-0.4, -0.2) is 36.4 Å². The van der Waals surface area contributed by atoms with E-state index >= 15 is 0 Å². The van der Waals surface area contributed by atoms with Crippen molar-refractivity contribution in [1.29, 1.82) is 0 Å². The van der Waals surface area contributed by atoms with E-state index in [2.05, 4.69) is 5.32 Å². The Hall–Kier alpha value is -0.610. The molecule has 0 saturated heterocycles. The summed E-state index contributed by atoms with van der Waals surface area (Å²) in [4.78, 5) is 11.5. The second-order valence-corrected chi connectivity index (χ2v) is 5.52. The monoisotopic (exact) mass is 241 g/mol. The molecule has 2 rings (SSSR count). The standard InChI is InChI=1S/C13H23NO3/c15-12(9-17-8-11-4-5-11)14-10-13(16)6-2-1-3-7-13/h11,16H,1-10H2,(H,14,15). The van der Waals surface area contributed by atoms with Gasteiger partial charge in [-0.2, -0.15) is 0 Å². The Balaban J connectivity index is 1.57. The van der Waals surface area contributed by atoms with Crippen molar-refractivity contribution in [2.24, 2.45) is 5.92 Å². The van der Waals surface area contributed by atoms with Crippen LogP contribution in [0, 0.1) is 5.92 Å². The molecule has 0 unspecified atom stereocenters. The molecule has 0 aromatic carbocycles. The van der Waals surface area contributed by atoms with E-state index < -0.39 is 5.60 Å². The van der Waals surface area contributed by atoms with Gasteiger partial charge in [-0.25, -0.2) is 0 Å². The van der Waals surface area contributed by atoms with E-state index in [1.54, 1.807) is 0 Å². The fourth-order valence-corrected chi connectivity index (χ4v) is 2.30. The maximum atomic E-state index is 11.5. The zero-order valence-electron chi connectivity index (χ0n) is 10.4. The van der Waals surface area contributed by atoms with Crippen LogP contribution in [0.3, 0.4) is 0 Å². The Kier molecular flexibility index (Phi) is 4.40. The van der Waals surface area contributed by atoms with Gasteiger partial charge in [-0.15, -0.1) is 0 Å². The van der Waals surface area contributed by atoms with Gasteiger partial charge in [-0.1, -0.05) is 19.3 Å². The van der Waals surface area contributed by atoms with E-state index in [4.69, 9.17) is 4.74 Å². The van der Waals surface area contributed by atoms with Gasteiger partial charge in [0, 0.05) is 6.54 Å². The zero-order valence-corrected chi connectivity index (χ0v) is 10.4. The van der Waals surface area contributed by atoms with Crippen molar-refractivity contribution < 1.29 is 14.6 Å². The quantitative estimate of drug-likeness (QED) is 0.735. The molecule has 2 saturated carbocycles. The van der Waals surface area contributed by atoms with E-state index in [-0.39, 0.29) is 12.5 Å². The largest absolute Gasteiger partial charge is 0.388 e. The first kappa shape index (κ1) is 12.8. The molecule has 17 heavy (non-hydrogen) atoms. The van der Waals surface area contributed by atoms with Crippen LogP contribution in [0.1, 0.15) is 44.9 Å². The van der Waals surface area contributed by atoms with E-state index in [0.717, 1.165) is 25.7 Å². The number of carbonyl (C=O) groups excluding carboxylic acids is 1. The summed E-state index contributed by atoms with van der Waals surface area (Å²) >= 11 is 0. The van der Waals surface area contributed by atoms with Gasteiger partial charge >= 0.3 is 0 Å². The first-order valence-corrected chi connectivity index (χ1v) is 6.75. The molecule has 2 fully saturated rings. The Morgan fingerprint density at radius 2 is 2.00 bits per heavy atom. The van der Waals surface area contributed by atoms with Crippen LogP contribution in [0.2, 0.25) is 0 Å². The predicted octanol–water partition coefficient (Wildman–Crippen LogP) is 1.22. The number of nitrogens with one attached hydrogen (secondary N) is 1. The number of hydrogen-bond donors (Lipinski definition) is 2. The molecule has 0 atom stereocenters. The maximum Gasteiger partial charge on any atom is 0.246 e. The van der Waals surface area contributed by atoms with Gasteiger partial charge in [0.15, 0.2) is 0 Å². The molecule has 0 heterocycles. The minimum atomic E-state index is -0.676. The highest BCUT2D eigenvalue weighted by molar-refractivity contribution is 5.77. The number of carbonyl (C=O) groups is 1. The number of aliphatic hydroxyl groups is 1. The molecule has 1 amide bonds. The lowest BCUT2D eigenvalue weighted by molar-refractivity contribution is -0.127. The lowest BCUT2D eigenvalue weighted by atomic mass is 9.85. The third-order valence-electron chi connectivity index (χ3n) is 3.68. The fourth-order valence-electron chi connectivity index (χ4n) is 2.30. The second kappa shape index (κ2) is 5.83. The molecule has 0 aliphatic heterocycles. The molecule has 2 aliphatic rings.